The molecule has 2 N–H and O–H groups in total. The molecule has 0 unspecified atom stereocenters. The molecule has 0 saturated heterocycles. The Balaban J connectivity index is 1.57. The number of H-pyrrole nitrogens is 1. The Bertz CT molecular complexity index is 480. The zero-order valence-electron chi connectivity index (χ0n) is 10.8. The predicted octanol–water partition coefficient (Wildman–Crippen LogP) is 2.49. The van der Waals surface area contributed by atoms with Crippen molar-refractivity contribution >= 4 is 5.91 Å². The molecule has 0 aliphatic rings. The summed E-state index contributed by atoms with van der Waals surface area (Å²) in [6.45, 7) is 1.10. The van der Waals surface area contributed by atoms with Gasteiger partial charge >= 0.3 is 0 Å². The van der Waals surface area contributed by atoms with Gasteiger partial charge in [0, 0.05) is 18.3 Å². The molecule has 1 amide bonds. The number of rotatable bonds is 7. The Morgan fingerprint density at radius 2 is 2.00 bits per heavy atom. The first kappa shape index (κ1) is 13.2. The second-order valence-corrected chi connectivity index (χ2v) is 4.24. The number of hydrogen-bond acceptors (Lipinski definition) is 2. The van der Waals surface area contributed by atoms with E-state index in [0.717, 1.165) is 11.4 Å². The second kappa shape index (κ2) is 7.26. The monoisotopic (exact) mass is 258 g/mol. The molecule has 2 rings (SSSR count). The van der Waals surface area contributed by atoms with Crippen molar-refractivity contribution in [3.8, 4) is 5.75 Å². The van der Waals surface area contributed by atoms with E-state index in [1.54, 1.807) is 0 Å². The molecule has 0 saturated carbocycles. The van der Waals surface area contributed by atoms with E-state index in [1.165, 1.54) is 0 Å². The molecule has 0 aliphatic heterocycles. The first-order chi connectivity index (χ1) is 9.34. The molecule has 0 bridgehead atoms. The molecule has 1 aromatic carbocycles. The van der Waals surface area contributed by atoms with Crippen LogP contribution in [0.3, 0.4) is 0 Å². The summed E-state index contributed by atoms with van der Waals surface area (Å²) in [4.78, 5) is 14.6. The van der Waals surface area contributed by atoms with Gasteiger partial charge in [-0.2, -0.15) is 0 Å². The predicted molar refractivity (Wildman–Crippen MR) is 73.8 cm³/mol. The summed E-state index contributed by atoms with van der Waals surface area (Å²) < 4.78 is 5.52. The highest BCUT2D eigenvalue weighted by atomic mass is 16.5. The minimum atomic E-state index is 0.0475. The normalized spacial score (nSPS) is 10.1. The van der Waals surface area contributed by atoms with Crippen LogP contribution in [0.25, 0.3) is 0 Å². The lowest BCUT2D eigenvalue weighted by atomic mass is 10.3. The van der Waals surface area contributed by atoms with Crippen molar-refractivity contribution in [1.82, 2.24) is 10.3 Å². The van der Waals surface area contributed by atoms with E-state index in [0.29, 0.717) is 26.0 Å². The molecule has 0 aliphatic carbocycles. The molecule has 19 heavy (non-hydrogen) atoms. The van der Waals surface area contributed by atoms with E-state index in [2.05, 4.69) is 10.3 Å². The van der Waals surface area contributed by atoms with Crippen molar-refractivity contribution in [2.24, 2.45) is 0 Å². The van der Waals surface area contributed by atoms with Crippen LogP contribution in [-0.2, 0) is 11.3 Å². The fourth-order valence-electron chi connectivity index (χ4n) is 1.70. The first-order valence-corrected chi connectivity index (χ1v) is 6.41. The van der Waals surface area contributed by atoms with E-state index in [1.807, 2.05) is 48.7 Å². The zero-order valence-corrected chi connectivity index (χ0v) is 10.8. The maximum atomic E-state index is 11.6. The maximum absolute atomic E-state index is 11.6. The molecule has 100 valence electrons. The van der Waals surface area contributed by atoms with Crippen LogP contribution >= 0.6 is 0 Å². The van der Waals surface area contributed by atoms with Gasteiger partial charge in [0.2, 0.25) is 5.91 Å². The van der Waals surface area contributed by atoms with Gasteiger partial charge in [-0.05, 0) is 30.7 Å². The summed E-state index contributed by atoms with van der Waals surface area (Å²) in [5, 5.41) is 2.86. The Morgan fingerprint density at radius 1 is 1.16 bits per heavy atom. The van der Waals surface area contributed by atoms with E-state index >= 15 is 0 Å². The van der Waals surface area contributed by atoms with Crippen molar-refractivity contribution in [3.05, 3.63) is 54.4 Å². The molecule has 1 heterocycles. The zero-order chi connectivity index (χ0) is 13.3. The number of ether oxygens (including phenoxy) is 1. The largest absolute Gasteiger partial charge is 0.494 e. The average molecular weight is 258 g/mol. The molecular weight excluding hydrogens is 240 g/mol. The molecule has 0 spiro atoms. The van der Waals surface area contributed by atoms with Crippen LogP contribution in [0.4, 0.5) is 0 Å². The van der Waals surface area contributed by atoms with Crippen molar-refractivity contribution in [2.75, 3.05) is 6.61 Å². The number of para-hydroxylation sites is 1. The molecule has 0 radical (unpaired) electrons. The molecule has 4 nitrogen and oxygen atoms in total. The van der Waals surface area contributed by atoms with Gasteiger partial charge in [-0.25, -0.2) is 0 Å². The number of aromatic amines is 1. The van der Waals surface area contributed by atoms with Gasteiger partial charge in [0.25, 0.3) is 0 Å². The highest BCUT2D eigenvalue weighted by Gasteiger charge is 2.01. The number of amides is 1. The van der Waals surface area contributed by atoms with E-state index in [4.69, 9.17) is 4.74 Å². The lowest BCUT2D eigenvalue weighted by Gasteiger charge is -2.06. The number of aromatic nitrogens is 1. The molecule has 0 fully saturated rings. The van der Waals surface area contributed by atoms with Gasteiger partial charge in [-0.15, -0.1) is 0 Å². The van der Waals surface area contributed by atoms with Crippen molar-refractivity contribution in [1.29, 1.82) is 0 Å². The quantitative estimate of drug-likeness (QED) is 0.750. The lowest BCUT2D eigenvalue weighted by Crippen LogP contribution is -2.23. The fraction of sp³-hybridized carbons (Fsp3) is 0.267. The van der Waals surface area contributed by atoms with Crippen LogP contribution in [0.15, 0.2) is 48.7 Å². The Hall–Kier alpha value is -2.23. The highest BCUT2D eigenvalue weighted by molar-refractivity contribution is 5.75. The molecule has 0 atom stereocenters. The van der Waals surface area contributed by atoms with Crippen LogP contribution in [0, 0.1) is 0 Å². The number of hydrogen-bond donors (Lipinski definition) is 2. The number of nitrogens with one attached hydrogen (secondary N) is 2. The minimum Gasteiger partial charge on any atom is -0.494 e. The Labute approximate surface area is 112 Å². The third-order valence-electron chi connectivity index (χ3n) is 2.70. The van der Waals surface area contributed by atoms with Crippen molar-refractivity contribution in [3.63, 3.8) is 0 Å². The molecule has 4 heteroatoms. The summed E-state index contributed by atoms with van der Waals surface area (Å²) in [7, 11) is 0. The average Bonchev–Trinajstić information content (AvgIpc) is 2.96. The maximum Gasteiger partial charge on any atom is 0.220 e. The van der Waals surface area contributed by atoms with Gasteiger partial charge in [-0.3, -0.25) is 4.79 Å². The SMILES string of the molecule is O=C(CCCOc1ccccc1)NCc1ccc[nH]1. The first-order valence-electron chi connectivity index (χ1n) is 6.41. The van der Waals surface area contributed by atoms with E-state index in [9.17, 15) is 4.79 Å². The summed E-state index contributed by atoms with van der Waals surface area (Å²) in [6, 6.07) is 13.5. The van der Waals surface area contributed by atoms with E-state index < -0.39 is 0 Å². The smallest absolute Gasteiger partial charge is 0.220 e. The van der Waals surface area contributed by atoms with Crippen LogP contribution in [0.2, 0.25) is 0 Å². The summed E-state index contributed by atoms with van der Waals surface area (Å²) in [5.74, 6) is 0.889. The van der Waals surface area contributed by atoms with Crippen molar-refractivity contribution < 1.29 is 9.53 Å². The third-order valence-corrected chi connectivity index (χ3v) is 2.70. The van der Waals surface area contributed by atoms with Crippen LogP contribution in [-0.4, -0.2) is 17.5 Å². The number of carbonyl (C=O) groups is 1. The van der Waals surface area contributed by atoms with Crippen LogP contribution in [0.5, 0.6) is 5.75 Å². The fourth-order valence-corrected chi connectivity index (χ4v) is 1.70. The third kappa shape index (κ3) is 4.87. The molecule has 2 aromatic rings. The molecule has 1 aromatic heterocycles. The van der Waals surface area contributed by atoms with Gasteiger partial charge in [-0.1, -0.05) is 18.2 Å². The lowest BCUT2D eigenvalue weighted by molar-refractivity contribution is -0.121. The van der Waals surface area contributed by atoms with Gasteiger partial charge in [0.1, 0.15) is 5.75 Å². The minimum absolute atomic E-state index is 0.0475. The van der Waals surface area contributed by atoms with Crippen LogP contribution in [0.1, 0.15) is 18.5 Å². The number of benzene rings is 1. The number of carbonyl (C=O) groups excluding carboxylic acids is 1. The van der Waals surface area contributed by atoms with Gasteiger partial charge < -0.3 is 15.0 Å². The summed E-state index contributed by atoms with van der Waals surface area (Å²) in [6.07, 6.45) is 3.04. The van der Waals surface area contributed by atoms with Crippen molar-refractivity contribution in [2.45, 2.75) is 19.4 Å². The van der Waals surface area contributed by atoms with Gasteiger partial charge in [0.05, 0.1) is 13.2 Å². The van der Waals surface area contributed by atoms with Crippen LogP contribution < -0.4 is 10.1 Å². The molecular formula is C15H18N2O2. The standard InChI is InChI=1S/C15H18N2O2/c18-15(17-12-13-6-4-10-16-13)9-5-11-19-14-7-2-1-3-8-14/h1-4,6-8,10,16H,5,9,11-12H2,(H,17,18). The summed E-state index contributed by atoms with van der Waals surface area (Å²) >= 11 is 0. The Kier molecular flexibility index (Phi) is 5.05. The second-order valence-electron chi connectivity index (χ2n) is 4.24. The topological polar surface area (TPSA) is 54.1 Å². The highest BCUT2D eigenvalue weighted by Crippen LogP contribution is 2.08. The Morgan fingerprint density at radius 3 is 2.74 bits per heavy atom. The van der Waals surface area contributed by atoms with E-state index in [-0.39, 0.29) is 5.91 Å². The van der Waals surface area contributed by atoms with Gasteiger partial charge in [0.15, 0.2) is 0 Å². The summed E-state index contributed by atoms with van der Waals surface area (Å²) in [5.41, 5.74) is 1.01.